The molecule has 1 N–H and O–H groups in total. The Kier molecular flexibility index (Phi) is 5.90. The first-order valence-corrected chi connectivity index (χ1v) is 11.7. The molecule has 1 atom stereocenters. The molecule has 1 aliphatic heterocycles. The molecule has 1 unspecified atom stereocenters. The van der Waals surface area contributed by atoms with Crippen molar-refractivity contribution in [2.45, 2.75) is 64.8 Å². The van der Waals surface area contributed by atoms with Gasteiger partial charge >= 0.3 is 0 Å². The fraction of sp³-hybridized carbons (Fsp3) is 0.762. The van der Waals surface area contributed by atoms with Gasteiger partial charge in [-0.05, 0) is 32.1 Å². The lowest BCUT2D eigenvalue weighted by atomic mass is 9.90. The van der Waals surface area contributed by atoms with E-state index >= 15 is 0 Å². The number of aryl methyl sites for hydroxylation is 1. The van der Waals surface area contributed by atoms with Gasteiger partial charge in [-0.3, -0.25) is 9.59 Å². The van der Waals surface area contributed by atoms with Crippen LogP contribution in [0.4, 0.5) is 5.13 Å². The Hall–Kier alpha value is -1.63. The molecule has 28 heavy (non-hydrogen) atoms. The van der Waals surface area contributed by atoms with Crippen molar-refractivity contribution in [1.29, 1.82) is 0 Å². The van der Waals surface area contributed by atoms with Gasteiger partial charge in [0.25, 0.3) is 0 Å². The highest BCUT2D eigenvalue weighted by Gasteiger charge is 2.31. The van der Waals surface area contributed by atoms with Crippen molar-refractivity contribution < 1.29 is 9.59 Å². The summed E-state index contributed by atoms with van der Waals surface area (Å²) in [6.07, 6.45) is 7.41. The third-order valence-electron chi connectivity index (χ3n) is 6.36. The average molecular weight is 405 g/mol. The van der Waals surface area contributed by atoms with E-state index in [0.29, 0.717) is 6.04 Å². The van der Waals surface area contributed by atoms with E-state index < -0.39 is 0 Å². The summed E-state index contributed by atoms with van der Waals surface area (Å²) in [6.45, 7) is 7.15. The molecular formula is C21H32N4O2S. The Morgan fingerprint density at radius 2 is 1.82 bits per heavy atom. The van der Waals surface area contributed by atoms with Crippen molar-refractivity contribution in [3.63, 3.8) is 0 Å². The molecule has 6 nitrogen and oxygen atoms in total. The van der Waals surface area contributed by atoms with Gasteiger partial charge in [-0.1, -0.05) is 26.7 Å². The number of thiazole rings is 1. The van der Waals surface area contributed by atoms with E-state index in [4.69, 9.17) is 4.98 Å². The maximum Gasteiger partial charge on any atom is 0.225 e. The number of carbonyl (C=O) groups excluding carboxylic acids is 2. The van der Waals surface area contributed by atoms with Crippen molar-refractivity contribution in [2.75, 3.05) is 31.1 Å². The number of nitrogens with one attached hydrogen (secondary N) is 1. The van der Waals surface area contributed by atoms with Crippen LogP contribution in [-0.4, -0.2) is 53.9 Å². The minimum absolute atomic E-state index is 0.0611. The number of hydrogen-bond donors (Lipinski definition) is 1. The highest BCUT2D eigenvalue weighted by molar-refractivity contribution is 7.15. The number of hydrogen-bond acceptors (Lipinski definition) is 5. The Morgan fingerprint density at radius 1 is 1.11 bits per heavy atom. The number of amides is 2. The first-order chi connectivity index (χ1) is 13.5. The SMILES string of the molecule is CC(C)C(=O)N1CCN(c2nc3c(s2)CC(C(=O)NC2CCCC2)CC3)CC1. The fourth-order valence-corrected chi connectivity index (χ4v) is 5.83. The lowest BCUT2D eigenvalue weighted by Crippen LogP contribution is -2.49. The molecule has 1 aromatic heterocycles. The zero-order valence-electron chi connectivity index (χ0n) is 17.1. The molecular weight excluding hydrogens is 372 g/mol. The molecule has 1 saturated heterocycles. The molecule has 4 rings (SSSR count). The van der Waals surface area contributed by atoms with Crippen LogP contribution in [0.1, 0.15) is 56.5 Å². The average Bonchev–Trinajstić information content (AvgIpc) is 3.36. The minimum Gasteiger partial charge on any atom is -0.353 e. The minimum atomic E-state index is 0.0611. The molecule has 2 fully saturated rings. The standard InChI is InChI=1S/C21H32N4O2S/c1-14(2)20(27)24-9-11-25(12-10-24)21-23-17-8-7-15(13-18(17)28-21)19(26)22-16-5-3-4-6-16/h14-16H,3-13H2,1-2H3,(H,22,26). The van der Waals surface area contributed by atoms with Gasteiger partial charge in [0.2, 0.25) is 11.8 Å². The van der Waals surface area contributed by atoms with Gasteiger partial charge in [0.05, 0.1) is 5.69 Å². The third-order valence-corrected chi connectivity index (χ3v) is 7.54. The summed E-state index contributed by atoms with van der Waals surface area (Å²) in [7, 11) is 0. The lowest BCUT2D eigenvalue weighted by Gasteiger charge is -2.35. The van der Waals surface area contributed by atoms with E-state index in [1.807, 2.05) is 18.7 Å². The highest BCUT2D eigenvalue weighted by atomic mass is 32.1. The first-order valence-electron chi connectivity index (χ1n) is 10.8. The Labute approximate surface area is 171 Å². The maximum atomic E-state index is 12.7. The quantitative estimate of drug-likeness (QED) is 0.838. The van der Waals surface area contributed by atoms with Crippen LogP contribution >= 0.6 is 11.3 Å². The van der Waals surface area contributed by atoms with E-state index in [1.54, 1.807) is 11.3 Å². The van der Waals surface area contributed by atoms with Gasteiger partial charge in [0, 0.05) is 48.9 Å². The Balaban J connectivity index is 1.34. The number of anilines is 1. The van der Waals surface area contributed by atoms with Crippen LogP contribution in [0, 0.1) is 11.8 Å². The number of fused-ring (bicyclic) bond motifs is 1. The molecule has 0 bridgehead atoms. The molecule has 2 aliphatic carbocycles. The lowest BCUT2D eigenvalue weighted by molar-refractivity contribution is -0.134. The van der Waals surface area contributed by atoms with E-state index in [9.17, 15) is 9.59 Å². The molecule has 1 saturated carbocycles. The maximum absolute atomic E-state index is 12.7. The summed E-state index contributed by atoms with van der Waals surface area (Å²) >= 11 is 1.75. The number of rotatable bonds is 4. The largest absolute Gasteiger partial charge is 0.353 e. The van der Waals surface area contributed by atoms with Gasteiger partial charge in [-0.15, -0.1) is 11.3 Å². The molecule has 1 aromatic rings. The molecule has 2 heterocycles. The Bertz CT molecular complexity index is 718. The smallest absolute Gasteiger partial charge is 0.225 e. The second-order valence-corrected chi connectivity index (χ2v) is 9.83. The van der Waals surface area contributed by atoms with Crippen LogP contribution in [0.3, 0.4) is 0 Å². The molecule has 0 radical (unpaired) electrons. The van der Waals surface area contributed by atoms with Crippen LogP contribution < -0.4 is 10.2 Å². The first kappa shape index (κ1) is 19.7. The van der Waals surface area contributed by atoms with Gasteiger partial charge < -0.3 is 15.1 Å². The van der Waals surface area contributed by atoms with Crippen LogP contribution in [0.5, 0.6) is 0 Å². The molecule has 0 aromatic carbocycles. The zero-order valence-corrected chi connectivity index (χ0v) is 17.9. The molecule has 154 valence electrons. The Morgan fingerprint density at radius 3 is 2.50 bits per heavy atom. The van der Waals surface area contributed by atoms with Crippen molar-refractivity contribution in [2.24, 2.45) is 11.8 Å². The summed E-state index contributed by atoms with van der Waals surface area (Å²) in [4.78, 5) is 35.3. The second-order valence-electron chi connectivity index (χ2n) is 8.76. The van der Waals surface area contributed by atoms with Crippen LogP contribution in [-0.2, 0) is 22.4 Å². The predicted molar refractivity (Wildman–Crippen MR) is 112 cm³/mol. The summed E-state index contributed by atoms with van der Waals surface area (Å²) in [5, 5.41) is 4.34. The summed E-state index contributed by atoms with van der Waals surface area (Å²) in [6, 6.07) is 0.399. The van der Waals surface area contributed by atoms with Crippen LogP contribution in [0.15, 0.2) is 0 Å². The third kappa shape index (κ3) is 4.19. The summed E-state index contributed by atoms with van der Waals surface area (Å²) in [5.41, 5.74) is 1.19. The number of piperazine rings is 1. The van der Waals surface area contributed by atoms with Crippen molar-refractivity contribution in [3.8, 4) is 0 Å². The van der Waals surface area contributed by atoms with Crippen LogP contribution in [0.25, 0.3) is 0 Å². The van der Waals surface area contributed by atoms with Gasteiger partial charge in [-0.2, -0.15) is 0 Å². The zero-order chi connectivity index (χ0) is 19.7. The van der Waals surface area contributed by atoms with E-state index in [1.165, 1.54) is 23.4 Å². The number of carbonyl (C=O) groups is 2. The summed E-state index contributed by atoms with van der Waals surface area (Å²) < 4.78 is 0. The summed E-state index contributed by atoms with van der Waals surface area (Å²) in [5.74, 6) is 0.649. The molecule has 3 aliphatic rings. The fourth-order valence-electron chi connectivity index (χ4n) is 4.59. The van der Waals surface area contributed by atoms with Crippen molar-refractivity contribution in [3.05, 3.63) is 10.6 Å². The van der Waals surface area contributed by atoms with Crippen LogP contribution in [0.2, 0.25) is 0 Å². The van der Waals surface area contributed by atoms with Gasteiger partial charge in [0.1, 0.15) is 0 Å². The number of nitrogens with zero attached hydrogens (tertiary/aromatic N) is 3. The van der Waals surface area contributed by atoms with E-state index in [2.05, 4.69) is 10.2 Å². The second kappa shape index (κ2) is 8.39. The van der Waals surface area contributed by atoms with Crippen molar-refractivity contribution >= 4 is 28.3 Å². The monoisotopic (exact) mass is 404 g/mol. The van der Waals surface area contributed by atoms with E-state index in [0.717, 1.165) is 63.4 Å². The van der Waals surface area contributed by atoms with Gasteiger partial charge in [0.15, 0.2) is 5.13 Å². The van der Waals surface area contributed by atoms with E-state index in [-0.39, 0.29) is 23.7 Å². The number of aromatic nitrogens is 1. The predicted octanol–water partition coefficient (Wildman–Crippen LogP) is 2.61. The topological polar surface area (TPSA) is 65.5 Å². The van der Waals surface area contributed by atoms with Crippen molar-refractivity contribution in [1.82, 2.24) is 15.2 Å². The molecule has 0 spiro atoms. The molecule has 7 heteroatoms. The normalized spacial score (nSPS) is 23.2. The highest BCUT2D eigenvalue weighted by Crippen LogP contribution is 2.35. The van der Waals surface area contributed by atoms with Gasteiger partial charge in [-0.25, -0.2) is 4.98 Å². The molecule has 2 amide bonds.